The normalized spacial score (nSPS) is 30.6. The van der Waals surface area contributed by atoms with Gasteiger partial charge in [-0.25, -0.2) is 4.79 Å². The van der Waals surface area contributed by atoms with Crippen LogP contribution in [0.2, 0.25) is 0 Å². The summed E-state index contributed by atoms with van der Waals surface area (Å²) in [6, 6.07) is 0. The van der Waals surface area contributed by atoms with Gasteiger partial charge in [-0.3, -0.25) is 4.79 Å². The van der Waals surface area contributed by atoms with Crippen molar-refractivity contribution >= 4 is 11.9 Å². The SMILES string of the molecule is CCC1(C(=O)NC2(C(=O)O)CCC2)CCCN1. The standard InChI is InChI=1S/C12H20N2O3/c1-2-11(7-4-8-13-11)9(15)14-12(10(16)17)5-3-6-12/h13H,2-8H2,1H3,(H,14,15)(H,16,17). The molecule has 1 amide bonds. The van der Waals surface area contributed by atoms with Gasteiger partial charge in [0.25, 0.3) is 0 Å². The van der Waals surface area contributed by atoms with Crippen LogP contribution in [0.5, 0.6) is 0 Å². The summed E-state index contributed by atoms with van der Waals surface area (Å²) in [5.41, 5.74) is -1.54. The molecule has 1 saturated carbocycles. The fraction of sp³-hybridized carbons (Fsp3) is 0.833. The summed E-state index contributed by atoms with van der Waals surface area (Å²) in [7, 11) is 0. The zero-order valence-electron chi connectivity index (χ0n) is 10.2. The number of amides is 1. The first-order valence-electron chi connectivity index (χ1n) is 6.36. The van der Waals surface area contributed by atoms with Crippen molar-refractivity contribution in [3.05, 3.63) is 0 Å². The summed E-state index contributed by atoms with van der Waals surface area (Å²) in [5.74, 6) is -1.04. The van der Waals surface area contributed by atoms with Crippen molar-refractivity contribution in [2.45, 2.75) is 56.5 Å². The molecule has 2 fully saturated rings. The summed E-state index contributed by atoms with van der Waals surface area (Å²) >= 11 is 0. The molecule has 2 aliphatic rings. The summed E-state index contributed by atoms with van der Waals surface area (Å²) in [6.45, 7) is 2.80. The quantitative estimate of drug-likeness (QED) is 0.674. The summed E-state index contributed by atoms with van der Waals surface area (Å²) < 4.78 is 0. The Kier molecular flexibility index (Phi) is 3.12. The predicted molar refractivity (Wildman–Crippen MR) is 62.6 cm³/mol. The van der Waals surface area contributed by atoms with Crippen LogP contribution in [0.15, 0.2) is 0 Å². The molecular formula is C12H20N2O3. The molecule has 0 aromatic rings. The number of carboxylic acids is 1. The minimum Gasteiger partial charge on any atom is -0.480 e. The molecule has 0 radical (unpaired) electrons. The zero-order chi connectivity index (χ0) is 12.5. The van der Waals surface area contributed by atoms with E-state index in [1.165, 1.54) is 0 Å². The molecule has 1 aliphatic heterocycles. The highest BCUT2D eigenvalue weighted by atomic mass is 16.4. The molecule has 96 valence electrons. The molecule has 1 atom stereocenters. The molecule has 5 heteroatoms. The smallest absolute Gasteiger partial charge is 0.329 e. The third-order valence-corrected chi connectivity index (χ3v) is 4.25. The molecule has 0 aromatic carbocycles. The summed E-state index contributed by atoms with van der Waals surface area (Å²) in [6.07, 6.45) is 4.45. The van der Waals surface area contributed by atoms with E-state index in [1.807, 2.05) is 6.92 Å². The predicted octanol–water partition coefficient (Wildman–Crippen LogP) is 0.642. The number of hydrogen-bond acceptors (Lipinski definition) is 3. The van der Waals surface area contributed by atoms with Crippen LogP contribution in [0, 0.1) is 0 Å². The van der Waals surface area contributed by atoms with Crippen molar-refractivity contribution in [3.8, 4) is 0 Å². The highest BCUT2D eigenvalue weighted by molar-refractivity contribution is 5.93. The lowest BCUT2D eigenvalue weighted by molar-refractivity contribution is -0.153. The Bertz CT molecular complexity index is 331. The van der Waals surface area contributed by atoms with Gasteiger partial charge in [0.2, 0.25) is 5.91 Å². The van der Waals surface area contributed by atoms with Crippen LogP contribution in [-0.4, -0.2) is 34.6 Å². The molecule has 0 aromatic heterocycles. The van der Waals surface area contributed by atoms with Gasteiger partial charge in [0.15, 0.2) is 0 Å². The van der Waals surface area contributed by atoms with E-state index in [9.17, 15) is 14.7 Å². The van der Waals surface area contributed by atoms with Gasteiger partial charge in [-0.05, 0) is 45.1 Å². The van der Waals surface area contributed by atoms with E-state index in [1.54, 1.807) is 0 Å². The Balaban J connectivity index is 2.07. The van der Waals surface area contributed by atoms with Crippen molar-refractivity contribution in [2.24, 2.45) is 0 Å². The first-order chi connectivity index (χ1) is 8.05. The minimum absolute atomic E-state index is 0.139. The van der Waals surface area contributed by atoms with E-state index < -0.39 is 17.0 Å². The monoisotopic (exact) mass is 240 g/mol. The fourth-order valence-electron chi connectivity index (χ4n) is 2.72. The van der Waals surface area contributed by atoms with Gasteiger partial charge in [0.1, 0.15) is 5.54 Å². The second-order valence-corrected chi connectivity index (χ2v) is 5.16. The third-order valence-electron chi connectivity index (χ3n) is 4.25. The minimum atomic E-state index is -0.997. The molecule has 0 bridgehead atoms. The zero-order valence-corrected chi connectivity index (χ0v) is 10.2. The first-order valence-corrected chi connectivity index (χ1v) is 6.36. The number of nitrogens with one attached hydrogen (secondary N) is 2. The van der Waals surface area contributed by atoms with Crippen molar-refractivity contribution in [2.75, 3.05) is 6.54 Å². The molecule has 5 nitrogen and oxygen atoms in total. The molecular weight excluding hydrogens is 220 g/mol. The lowest BCUT2D eigenvalue weighted by Gasteiger charge is -2.41. The fourth-order valence-corrected chi connectivity index (χ4v) is 2.72. The summed E-state index contributed by atoms with van der Waals surface area (Å²) in [5, 5.41) is 15.2. The van der Waals surface area contributed by atoms with E-state index in [0.717, 1.165) is 25.8 Å². The van der Waals surface area contributed by atoms with Crippen LogP contribution in [0.3, 0.4) is 0 Å². The van der Waals surface area contributed by atoms with Crippen molar-refractivity contribution in [1.82, 2.24) is 10.6 Å². The second-order valence-electron chi connectivity index (χ2n) is 5.16. The highest BCUT2D eigenvalue weighted by Gasteiger charge is 2.49. The third kappa shape index (κ3) is 1.92. The molecule has 0 spiro atoms. The number of aliphatic carboxylic acids is 1. The largest absolute Gasteiger partial charge is 0.480 e. The van der Waals surface area contributed by atoms with E-state index in [-0.39, 0.29) is 5.91 Å². The second kappa shape index (κ2) is 4.29. The van der Waals surface area contributed by atoms with Crippen LogP contribution in [-0.2, 0) is 9.59 Å². The van der Waals surface area contributed by atoms with Gasteiger partial charge < -0.3 is 15.7 Å². The number of carbonyl (C=O) groups excluding carboxylic acids is 1. The molecule has 2 rings (SSSR count). The maximum Gasteiger partial charge on any atom is 0.329 e. The summed E-state index contributed by atoms with van der Waals surface area (Å²) in [4.78, 5) is 23.5. The van der Waals surface area contributed by atoms with Crippen LogP contribution >= 0.6 is 0 Å². The Morgan fingerprint density at radius 1 is 1.29 bits per heavy atom. The Morgan fingerprint density at radius 2 is 2.00 bits per heavy atom. The molecule has 1 heterocycles. The Hall–Kier alpha value is -1.10. The van der Waals surface area contributed by atoms with Gasteiger partial charge in [-0.15, -0.1) is 0 Å². The topological polar surface area (TPSA) is 78.4 Å². The van der Waals surface area contributed by atoms with Crippen molar-refractivity contribution in [1.29, 1.82) is 0 Å². The Labute approximate surface area is 101 Å². The molecule has 1 unspecified atom stereocenters. The van der Waals surface area contributed by atoms with E-state index >= 15 is 0 Å². The molecule has 3 N–H and O–H groups in total. The van der Waals surface area contributed by atoms with Crippen molar-refractivity contribution < 1.29 is 14.7 Å². The first kappa shape index (κ1) is 12.4. The van der Waals surface area contributed by atoms with Crippen LogP contribution in [0.1, 0.15) is 45.4 Å². The highest BCUT2D eigenvalue weighted by Crippen LogP contribution is 2.33. The van der Waals surface area contributed by atoms with Crippen molar-refractivity contribution in [3.63, 3.8) is 0 Å². The van der Waals surface area contributed by atoms with Crippen LogP contribution in [0.4, 0.5) is 0 Å². The number of carboxylic acid groups (broad SMARTS) is 1. The lowest BCUT2D eigenvalue weighted by Crippen LogP contribution is -2.65. The average Bonchev–Trinajstić information content (AvgIpc) is 2.72. The number of rotatable bonds is 4. The molecule has 1 saturated heterocycles. The average molecular weight is 240 g/mol. The van der Waals surface area contributed by atoms with Crippen LogP contribution in [0.25, 0.3) is 0 Å². The van der Waals surface area contributed by atoms with Gasteiger partial charge in [-0.2, -0.15) is 0 Å². The van der Waals surface area contributed by atoms with Gasteiger partial charge in [-0.1, -0.05) is 6.92 Å². The van der Waals surface area contributed by atoms with Gasteiger partial charge >= 0.3 is 5.97 Å². The maximum atomic E-state index is 12.3. The number of carbonyl (C=O) groups is 2. The Morgan fingerprint density at radius 3 is 2.35 bits per heavy atom. The molecule has 1 aliphatic carbocycles. The van der Waals surface area contributed by atoms with E-state index in [0.29, 0.717) is 19.3 Å². The van der Waals surface area contributed by atoms with E-state index in [2.05, 4.69) is 10.6 Å². The number of hydrogen-bond donors (Lipinski definition) is 3. The lowest BCUT2D eigenvalue weighted by atomic mass is 9.76. The van der Waals surface area contributed by atoms with E-state index in [4.69, 9.17) is 0 Å². The van der Waals surface area contributed by atoms with Crippen LogP contribution < -0.4 is 10.6 Å². The molecule has 17 heavy (non-hydrogen) atoms. The maximum absolute atomic E-state index is 12.3. The van der Waals surface area contributed by atoms with Gasteiger partial charge in [0.05, 0.1) is 5.54 Å². The van der Waals surface area contributed by atoms with Gasteiger partial charge in [0, 0.05) is 0 Å².